The van der Waals surface area contributed by atoms with Gasteiger partial charge in [-0.1, -0.05) is 24.3 Å². The van der Waals surface area contributed by atoms with Gasteiger partial charge in [-0.15, -0.1) is 0 Å². The van der Waals surface area contributed by atoms with Crippen molar-refractivity contribution in [1.82, 2.24) is 0 Å². The number of allylic oxidation sites excluding steroid dienone is 2. The second-order valence-electron chi connectivity index (χ2n) is 5.80. The van der Waals surface area contributed by atoms with Crippen molar-refractivity contribution >= 4 is 40.1 Å². The number of benzene rings is 1. The number of carbonyl (C=O) groups excluding carboxylic acids is 2. The first-order valence-corrected chi connectivity index (χ1v) is 8.07. The van der Waals surface area contributed by atoms with Crippen LogP contribution < -0.4 is 4.90 Å². The molecule has 0 N–H and O–H groups in total. The Morgan fingerprint density at radius 2 is 1.50 bits per heavy atom. The predicted octanol–water partition coefficient (Wildman–Crippen LogP) is 2.99. The fourth-order valence-electron chi connectivity index (χ4n) is 3.94. The maximum absolute atomic E-state index is 12.8. The lowest BCUT2D eigenvalue weighted by Gasteiger charge is -2.38. The van der Waals surface area contributed by atoms with Gasteiger partial charge in [0.1, 0.15) is 0 Å². The van der Waals surface area contributed by atoms with Crippen molar-refractivity contribution in [2.45, 2.75) is 12.8 Å². The number of nitrogens with zero attached hydrogens (tertiary/aromatic N) is 1. The third-order valence-corrected chi connectivity index (χ3v) is 5.76. The van der Waals surface area contributed by atoms with E-state index in [9.17, 15) is 9.59 Å². The SMILES string of the molecule is O=C1[C@H]2[C@H](C(=O)N1c1ccccc1I)[C@H]1C=C[C@H]2CC1. The van der Waals surface area contributed by atoms with E-state index in [1.807, 2.05) is 24.3 Å². The summed E-state index contributed by atoms with van der Waals surface area (Å²) in [6.07, 6.45) is 6.39. The Morgan fingerprint density at radius 1 is 0.950 bits per heavy atom. The summed E-state index contributed by atoms with van der Waals surface area (Å²) in [7, 11) is 0. The highest BCUT2D eigenvalue weighted by Crippen LogP contribution is 2.50. The van der Waals surface area contributed by atoms with Gasteiger partial charge < -0.3 is 0 Å². The molecule has 5 rings (SSSR count). The third-order valence-electron chi connectivity index (χ3n) is 4.85. The number of halogens is 1. The Hall–Kier alpha value is -1.17. The third kappa shape index (κ3) is 1.57. The summed E-state index contributed by atoms with van der Waals surface area (Å²) in [6.45, 7) is 0. The number of hydrogen-bond acceptors (Lipinski definition) is 2. The van der Waals surface area contributed by atoms with Crippen LogP contribution in [0.25, 0.3) is 0 Å². The molecule has 0 spiro atoms. The van der Waals surface area contributed by atoms with Crippen molar-refractivity contribution in [2.75, 3.05) is 4.90 Å². The van der Waals surface area contributed by atoms with Crippen molar-refractivity contribution in [2.24, 2.45) is 23.7 Å². The summed E-state index contributed by atoms with van der Waals surface area (Å²) in [6, 6.07) is 7.61. The van der Waals surface area contributed by atoms with E-state index < -0.39 is 0 Å². The van der Waals surface area contributed by atoms with Crippen molar-refractivity contribution in [3.8, 4) is 0 Å². The molecule has 0 radical (unpaired) electrons. The first kappa shape index (κ1) is 12.6. The summed E-state index contributed by atoms with van der Waals surface area (Å²) in [5, 5.41) is 0. The minimum absolute atomic E-state index is 0.00293. The van der Waals surface area contributed by atoms with Crippen LogP contribution in [0.1, 0.15) is 12.8 Å². The van der Waals surface area contributed by atoms with Crippen LogP contribution in [0.15, 0.2) is 36.4 Å². The highest BCUT2D eigenvalue weighted by Gasteiger charge is 2.57. The van der Waals surface area contributed by atoms with Gasteiger partial charge in [0.25, 0.3) is 0 Å². The van der Waals surface area contributed by atoms with Gasteiger partial charge in [-0.2, -0.15) is 0 Å². The van der Waals surface area contributed by atoms with E-state index in [2.05, 4.69) is 34.7 Å². The minimum atomic E-state index is -0.123. The van der Waals surface area contributed by atoms with Crippen LogP contribution in [0, 0.1) is 27.2 Å². The molecule has 1 aliphatic heterocycles. The highest BCUT2D eigenvalue weighted by atomic mass is 127. The molecule has 1 saturated carbocycles. The van der Waals surface area contributed by atoms with E-state index in [-0.39, 0.29) is 35.5 Å². The standard InChI is InChI=1S/C16H14INO2/c17-11-3-1-2-4-12(11)18-15(19)13-9-5-6-10(8-7-9)14(13)16(18)20/h1-6,9-10,13-14H,7-8H2/t9-,10-,13+,14+/m0/s1. The Bertz CT molecular complexity index is 607. The first-order valence-electron chi connectivity index (χ1n) is 6.99. The van der Waals surface area contributed by atoms with Gasteiger partial charge >= 0.3 is 0 Å². The van der Waals surface area contributed by atoms with Gasteiger partial charge in [0.15, 0.2) is 0 Å². The molecule has 1 heterocycles. The van der Waals surface area contributed by atoms with Gasteiger partial charge in [0.2, 0.25) is 11.8 Å². The molecular formula is C16H14INO2. The van der Waals surface area contributed by atoms with E-state index >= 15 is 0 Å². The van der Waals surface area contributed by atoms with Crippen LogP contribution in [-0.4, -0.2) is 11.8 Å². The van der Waals surface area contributed by atoms with Crippen LogP contribution in [0.3, 0.4) is 0 Å². The minimum Gasteiger partial charge on any atom is -0.274 e. The normalized spacial score (nSPS) is 34.8. The average Bonchev–Trinajstić information content (AvgIpc) is 2.75. The summed E-state index contributed by atoms with van der Waals surface area (Å²) in [5.41, 5.74) is 0.747. The number of carbonyl (C=O) groups is 2. The Labute approximate surface area is 131 Å². The number of rotatable bonds is 1. The van der Waals surface area contributed by atoms with Crippen molar-refractivity contribution in [3.05, 3.63) is 40.0 Å². The second-order valence-corrected chi connectivity index (χ2v) is 6.97. The molecule has 0 aromatic heterocycles. The highest BCUT2D eigenvalue weighted by molar-refractivity contribution is 14.1. The number of hydrogen-bond donors (Lipinski definition) is 0. The molecule has 2 amide bonds. The molecule has 2 bridgehead atoms. The smallest absolute Gasteiger partial charge is 0.238 e. The van der Waals surface area contributed by atoms with Crippen LogP contribution >= 0.6 is 22.6 Å². The van der Waals surface area contributed by atoms with Crippen LogP contribution in [-0.2, 0) is 9.59 Å². The quantitative estimate of drug-likeness (QED) is 0.428. The molecule has 3 aliphatic carbocycles. The van der Waals surface area contributed by atoms with Crippen molar-refractivity contribution in [1.29, 1.82) is 0 Å². The zero-order valence-corrected chi connectivity index (χ0v) is 13.0. The Balaban J connectivity index is 1.80. The predicted molar refractivity (Wildman–Crippen MR) is 84.0 cm³/mol. The Morgan fingerprint density at radius 3 is 2.00 bits per heavy atom. The number of para-hydroxylation sites is 1. The molecule has 20 heavy (non-hydrogen) atoms. The molecule has 4 atom stereocenters. The average molecular weight is 379 g/mol. The molecule has 2 fully saturated rings. The lowest BCUT2D eigenvalue weighted by atomic mass is 9.63. The molecule has 1 aromatic rings. The maximum Gasteiger partial charge on any atom is 0.238 e. The maximum atomic E-state index is 12.8. The number of imide groups is 1. The van der Waals surface area contributed by atoms with Gasteiger partial charge in [-0.3, -0.25) is 9.59 Å². The van der Waals surface area contributed by atoms with E-state index in [1.54, 1.807) is 0 Å². The summed E-state index contributed by atoms with van der Waals surface area (Å²) >= 11 is 2.19. The molecule has 4 aliphatic rings. The molecule has 3 nitrogen and oxygen atoms in total. The van der Waals surface area contributed by atoms with Crippen LogP contribution in [0.2, 0.25) is 0 Å². The zero-order valence-electron chi connectivity index (χ0n) is 10.8. The fraction of sp³-hybridized carbons (Fsp3) is 0.375. The lowest BCUT2D eigenvalue weighted by Crippen LogP contribution is -2.38. The Kier molecular flexibility index (Phi) is 2.77. The molecule has 1 saturated heterocycles. The molecule has 0 unspecified atom stereocenters. The summed E-state index contributed by atoms with van der Waals surface area (Å²) in [4.78, 5) is 27.0. The monoisotopic (exact) mass is 379 g/mol. The van der Waals surface area contributed by atoms with Crippen molar-refractivity contribution < 1.29 is 9.59 Å². The zero-order chi connectivity index (χ0) is 13.9. The summed E-state index contributed by atoms with van der Waals surface area (Å²) in [5.74, 6) is 0.275. The van der Waals surface area contributed by atoms with E-state index in [1.165, 1.54) is 4.90 Å². The number of fused-ring (bicyclic) bond motifs is 1. The summed E-state index contributed by atoms with van der Waals surface area (Å²) < 4.78 is 0.950. The fourth-order valence-corrected chi connectivity index (χ4v) is 4.57. The van der Waals surface area contributed by atoms with Crippen LogP contribution in [0.4, 0.5) is 5.69 Å². The van der Waals surface area contributed by atoms with Gasteiger partial charge in [0, 0.05) is 3.57 Å². The molecular weight excluding hydrogens is 365 g/mol. The van der Waals surface area contributed by atoms with Gasteiger partial charge in [-0.25, -0.2) is 4.90 Å². The number of anilines is 1. The number of amides is 2. The molecule has 102 valence electrons. The topological polar surface area (TPSA) is 37.4 Å². The van der Waals surface area contributed by atoms with E-state index in [0.717, 1.165) is 22.1 Å². The van der Waals surface area contributed by atoms with Gasteiger partial charge in [-0.05, 0) is 59.4 Å². The van der Waals surface area contributed by atoms with Crippen molar-refractivity contribution in [3.63, 3.8) is 0 Å². The van der Waals surface area contributed by atoms with Gasteiger partial charge in [0.05, 0.1) is 17.5 Å². The van der Waals surface area contributed by atoms with E-state index in [0.29, 0.717) is 0 Å². The second kappa shape index (κ2) is 4.41. The molecule has 1 aromatic carbocycles. The first-order chi connectivity index (χ1) is 9.68. The van der Waals surface area contributed by atoms with Crippen LogP contribution in [0.5, 0.6) is 0 Å². The van der Waals surface area contributed by atoms with E-state index in [4.69, 9.17) is 0 Å². The lowest BCUT2D eigenvalue weighted by molar-refractivity contribution is -0.124. The molecule has 4 heteroatoms. The largest absolute Gasteiger partial charge is 0.274 e.